The normalized spacial score (nSPS) is 12.6. The van der Waals surface area contributed by atoms with Gasteiger partial charge in [0, 0.05) is 10.0 Å². The highest BCUT2D eigenvalue weighted by Gasteiger charge is 2.22. The summed E-state index contributed by atoms with van der Waals surface area (Å²) in [6.45, 7) is 5.04. The first kappa shape index (κ1) is 15.7. The molecule has 1 aromatic carbocycles. The molecule has 6 heteroatoms. The van der Waals surface area contributed by atoms with Crippen molar-refractivity contribution in [2.75, 3.05) is 6.54 Å². The van der Waals surface area contributed by atoms with Crippen LogP contribution in [-0.2, 0) is 6.42 Å². The van der Waals surface area contributed by atoms with Crippen LogP contribution < -0.4 is 5.32 Å². The lowest BCUT2D eigenvalue weighted by Gasteiger charge is -2.19. The molecule has 1 N–H and O–H groups in total. The lowest BCUT2D eigenvalue weighted by atomic mass is 10.0. The van der Waals surface area contributed by atoms with Gasteiger partial charge in [0.15, 0.2) is 0 Å². The molecule has 0 bridgehead atoms. The third kappa shape index (κ3) is 3.50. The van der Waals surface area contributed by atoms with Crippen molar-refractivity contribution in [3.63, 3.8) is 0 Å². The second-order valence-electron chi connectivity index (χ2n) is 4.49. The Balaban J connectivity index is 2.44. The van der Waals surface area contributed by atoms with Gasteiger partial charge in [-0.25, -0.2) is 0 Å². The minimum atomic E-state index is -0.00671. The molecule has 1 aromatic heterocycles. The fourth-order valence-electron chi connectivity index (χ4n) is 2.13. The van der Waals surface area contributed by atoms with Crippen molar-refractivity contribution in [1.29, 1.82) is 0 Å². The fraction of sp³-hybridized carbons (Fsp3) is 0.429. The van der Waals surface area contributed by atoms with E-state index in [-0.39, 0.29) is 6.04 Å². The fourth-order valence-corrected chi connectivity index (χ4v) is 3.33. The van der Waals surface area contributed by atoms with Crippen LogP contribution in [0.15, 0.2) is 18.2 Å². The van der Waals surface area contributed by atoms with E-state index in [4.69, 9.17) is 23.2 Å². The summed E-state index contributed by atoms with van der Waals surface area (Å²) < 4.78 is 4.10. The van der Waals surface area contributed by atoms with Gasteiger partial charge in [-0.3, -0.25) is 0 Å². The van der Waals surface area contributed by atoms with Crippen LogP contribution in [-0.4, -0.2) is 16.1 Å². The lowest BCUT2D eigenvalue weighted by molar-refractivity contribution is 0.631. The SMILES string of the molecule is CCCc1nnsc1C(NCC)c1cc(Cl)ccc1Cl. The number of nitrogens with zero attached hydrogens (tertiary/aromatic N) is 2. The molecule has 2 rings (SSSR count). The minimum Gasteiger partial charge on any atom is -0.306 e. The molecule has 0 aliphatic heterocycles. The number of aromatic nitrogens is 2. The highest BCUT2D eigenvalue weighted by atomic mass is 35.5. The van der Waals surface area contributed by atoms with E-state index in [1.807, 2.05) is 12.1 Å². The van der Waals surface area contributed by atoms with Gasteiger partial charge >= 0.3 is 0 Å². The molecule has 0 aliphatic carbocycles. The molecule has 0 saturated carbocycles. The predicted octanol–water partition coefficient (Wildman–Crippen LogP) is 4.50. The predicted molar refractivity (Wildman–Crippen MR) is 85.9 cm³/mol. The largest absolute Gasteiger partial charge is 0.306 e. The number of hydrogen-bond donors (Lipinski definition) is 1. The van der Waals surface area contributed by atoms with Crippen LogP contribution in [0.4, 0.5) is 0 Å². The molecule has 108 valence electrons. The van der Waals surface area contributed by atoms with Gasteiger partial charge in [0.05, 0.1) is 16.6 Å². The van der Waals surface area contributed by atoms with Gasteiger partial charge < -0.3 is 5.32 Å². The summed E-state index contributed by atoms with van der Waals surface area (Å²) in [6.07, 6.45) is 1.96. The van der Waals surface area contributed by atoms with Crippen molar-refractivity contribution in [2.45, 2.75) is 32.7 Å². The van der Waals surface area contributed by atoms with Gasteiger partial charge in [-0.15, -0.1) is 5.10 Å². The number of aryl methyl sites for hydroxylation is 1. The zero-order valence-corrected chi connectivity index (χ0v) is 13.8. The first-order valence-corrected chi connectivity index (χ1v) is 8.19. The van der Waals surface area contributed by atoms with Crippen LogP contribution in [0.2, 0.25) is 10.0 Å². The molecule has 1 atom stereocenters. The van der Waals surface area contributed by atoms with E-state index < -0.39 is 0 Å². The summed E-state index contributed by atoms with van der Waals surface area (Å²) in [6, 6.07) is 5.53. The summed E-state index contributed by atoms with van der Waals surface area (Å²) in [5.41, 5.74) is 2.02. The zero-order valence-electron chi connectivity index (χ0n) is 11.5. The maximum Gasteiger partial charge on any atom is 0.0807 e. The van der Waals surface area contributed by atoms with Crippen molar-refractivity contribution in [2.24, 2.45) is 0 Å². The van der Waals surface area contributed by atoms with Crippen LogP contribution in [0.3, 0.4) is 0 Å². The highest BCUT2D eigenvalue weighted by molar-refractivity contribution is 7.05. The third-order valence-corrected chi connectivity index (χ3v) is 4.42. The van der Waals surface area contributed by atoms with Crippen LogP contribution in [0, 0.1) is 0 Å². The molecule has 0 saturated heterocycles. The molecule has 0 spiro atoms. The van der Waals surface area contributed by atoms with E-state index in [2.05, 4.69) is 28.8 Å². The smallest absolute Gasteiger partial charge is 0.0807 e. The molecule has 3 nitrogen and oxygen atoms in total. The highest BCUT2D eigenvalue weighted by Crippen LogP contribution is 2.33. The Morgan fingerprint density at radius 1 is 1.30 bits per heavy atom. The van der Waals surface area contributed by atoms with Gasteiger partial charge in [0.1, 0.15) is 0 Å². The van der Waals surface area contributed by atoms with Crippen molar-refractivity contribution in [3.05, 3.63) is 44.4 Å². The van der Waals surface area contributed by atoms with E-state index in [1.165, 1.54) is 11.5 Å². The lowest BCUT2D eigenvalue weighted by Crippen LogP contribution is -2.22. The standard InChI is InChI=1S/C14H17Cl2N3S/c1-3-5-12-14(20-19-18-12)13(17-4-2)10-8-9(15)6-7-11(10)16/h6-8,13,17H,3-5H2,1-2H3. The monoisotopic (exact) mass is 329 g/mol. The van der Waals surface area contributed by atoms with Crippen LogP contribution in [0.25, 0.3) is 0 Å². The van der Waals surface area contributed by atoms with Crippen molar-refractivity contribution >= 4 is 34.7 Å². The molecule has 1 unspecified atom stereocenters. The molecule has 1 heterocycles. The summed E-state index contributed by atoms with van der Waals surface area (Å²) in [4.78, 5) is 1.12. The molecule has 0 fully saturated rings. The molecule has 20 heavy (non-hydrogen) atoms. The van der Waals surface area contributed by atoms with Crippen molar-refractivity contribution < 1.29 is 0 Å². The van der Waals surface area contributed by atoms with Gasteiger partial charge in [0.25, 0.3) is 0 Å². The summed E-state index contributed by atoms with van der Waals surface area (Å²) in [7, 11) is 0. The maximum absolute atomic E-state index is 6.34. The van der Waals surface area contributed by atoms with E-state index in [0.29, 0.717) is 10.0 Å². The van der Waals surface area contributed by atoms with Crippen LogP contribution in [0.5, 0.6) is 0 Å². The minimum absolute atomic E-state index is 0.00671. The number of hydrogen-bond acceptors (Lipinski definition) is 4. The van der Waals surface area contributed by atoms with E-state index in [0.717, 1.165) is 35.5 Å². The number of benzene rings is 1. The summed E-state index contributed by atoms with van der Waals surface area (Å²) in [5.74, 6) is 0. The van der Waals surface area contributed by atoms with E-state index >= 15 is 0 Å². The number of halogens is 2. The first-order valence-electron chi connectivity index (χ1n) is 6.66. The number of nitrogens with one attached hydrogen (secondary N) is 1. The van der Waals surface area contributed by atoms with E-state index in [1.54, 1.807) is 6.07 Å². The average molecular weight is 330 g/mol. The molecular weight excluding hydrogens is 313 g/mol. The first-order chi connectivity index (χ1) is 9.67. The molecule has 0 amide bonds. The van der Waals surface area contributed by atoms with Crippen molar-refractivity contribution in [1.82, 2.24) is 14.9 Å². The molecular formula is C14H17Cl2N3S. The van der Waals surface area contributed by atoms with Crippen LogP contribution in [0.1, 0.15) is 42.4 Å². The van der Waals surface area contributed by atoms with Gasteiger partial charge in [-0.1, -0.05) is 48.0 Å². The van der Waals surface area contributed by atoms with Crippen LogP contribution >= 0.6 is 34.7 Å². The Labute approximate surface area is 133 Å². The second kappa shape index (κ2) is 7.36. The molecule has 2 aromatic rings. The average Bonchev–Trinajstić information content (AvgIpc) is 2.88. The topological polar surface area (TPSA) is 37.8 Å². The van der Waals surface area contributed by atoms with E-state index in [9.17, 15) is 0 Å². The van der Waals surface area contributed by atoms with Crippen molar-refractivity contribution in [3.8, 4) is 0 Å². The third-order valence-electron chi connectivity index (χ3n) is 3.01. The Kier molecular flexibility index (Phi) is 5.78. The maximum atomic E-state index is 6.34. The van der Waals surface area contributed by atoms with Gasteiger partial charge in [-0.2, -0.15) is 0 Å². The second-order valence-corrected chi connectivity index (χ2v) is 6.12. The molecule has 0 aliphatic rings. The Bertz CT molecular complexity index is 571. The Morgan fingerprint density at radius 2 is 2.10 bits per heavy atom. The quantitative estimate of drug-likeness (QED) is 0.848. The summed E-state index contributed by atoms with van der Waals surface area (Å²) in [5, 5.41) is 9.08. The zero-order chi connectivity index (χ0) is 14.5. The summed E-state index contributed by atoms with van der Waals surface area (Å²) >= 11 is 13.9. The van der Waals surface area contributed by atoms with Gasteiger partial charge in [-0.05, 0) is 48.3 Å². The number of rotatable bonds is 6. The van der Waals surface area contributed by atoms with Gasteiger partial charge in [0.2, 0.25) is 0 Å². The Hall–Kier alpha value is -0.680. The Morgan fingerprint density at radius 3 is 2.80 bits per heavy atom. The molecule has 0 radical (unpaired) electrons.